The first-order chi connectivity index (χ1) is 9.69. The standard InChI is InChI=1S/C16H21N3O/c1-3-4-9-20-14-7-5-13(6-8-14)19-16-10-12(2)15(17)11-18-16/h5-8,10-11H,3-4,9,17H2,1-2H3,(H,18,19). The smallest absolute Gasteiger partial charge is 0.130 e. The monoisotopic (exact) mass is 271 g/mol. The number of nitrogens with two attached hydrogens (primary N) is 1. The fourth-order valence-corrected chi connectivity index (χ4v) is 1.75. The third-order valence-electron chi connectivity index (χ3n) is 3.04. The molecule has 0 saturated carbocycles. The van der Waals surface area contributed by atoms with Crippen LogP contribution in [0.3, 0.4) is 0 Å². The Kier molecular flexibility index (Phi) is 4.82. The van der Waals surface area contributed by atoms with E-state index in [2.05, 4.69) is 17.2 Å². The van der Waals surface area contributed by atoms with Crippen LogP contribution in [0.5, 0.6) is 5.75 Å². The first-order valence-corrected chi connectivity index (χ1v) is 6.91. The zero-order valence-corrected chi connectivity index (χ0v) is 12.0. The molecule has 0 amide bonds. The molecule has 0 aliphatic heterocycles. The van der Waals surface area contributed by atoms with Crippen LogP contribution < -0.4 is 15.8 Å². The molecule has 0 radical (unpaired) electrons. The highest BCUT2D eigenvalue weighted by Crippen LogP contribution is 2.21. The Morgan fingerprint density at radius 1 is 1.25 bits per heavy atom. The quantitative estimate of drug-likeness (QED) is 0.782. The molecule has 0 spiro atoms. The van der Waals surface area contributed by atoms with Gasteiger partial charge in [0.2, 0.25) is 0 Å². The van der Waals surface area contributed by atoms with E-state index in [-0.39, 0.29) is 0 Å². The third kappa shape index (κ3) is 3.88. The first-order valence-electron chi connectivity index (χ1n) is 6.91. The molecule has 0 fully saturated rings. The van der Waals surface area contributed by atoms with Crippen molar-refractivity contribution in [3.05, 3.63) is 42.1 Å². The lowest BCUT2D eigenvalue weighted by Crippen LogP contribution is -1.98. The highest BCUT2D eigenvalue weighted by atomic mass is 16.5. The summed E-state index contributed by atoms with van der Waals surface area (Å²) in [5.74, 6) is 1.68. The third-order valence-corrected chi connectivity index (χ3v) is 3.04. The summed E-state index contributed by atoms with van der Waals surface area (Å²) < 4.78 is 5.63. The molecular weight excluding hydrogens is 250 g/mol. The molecule has 0 atom stereocenters. The zero-order chi connectivity index (χ0) is 14.4. The fourth-order valence-electron chi connectivity index (χ4n) is 1.75. The van der Waals surface area contributed by atoms with Gasteiger partial charge in [-0.15, -0.1) is 0 Å². The van der Waals surface area contributed by atoms with Crippen molar-refractivity contribution in [2.45, 2.75) is 26.7 Å². The lowest BCUT2D eigenvalue weighted by molar-refractivity contribution is 0.309. The minimum absolute atomic E-state index is 0.704. The SMILES string of the molecule is CCCCOc1ccc(Nc2cc(C)c(N)cn2)cc1. The van der Waals surface area contributed by atoms with Gasteiger partial charge in [-0.25, -0.2) is 4.98 Å². The van der Waals surface area contributed by atoms with Gasteiger partial charge in [0.25, 0.3) is 0 Å². The summed E-state index contributed by atoms with van der Waals surface area (Å²) in [6, 6.07) is 9.81. The van der Waals surface area contributed by atoms with Gasteiger partial charge >= 0.3 is 0 Å². The number of aryl methyl sites for hydroxylation is 1. The minimum atomic E-state index is 0.704. The molecule has 0 saturated heterocycles. The van der Waals surface area contributed by atoms with Crippen LogP contribution in [0, 0.1) is 6.92 Å². The molecule has 1 aromatic carbocycles. The largest absolute Gasteiger partial charge is 0.494 e. The molecule has 0 unspecified atom stereocenters. The molecule has 2 aromatic rings. The fraction of sp³-hybridized carbons (Fsp3) is 0.312. The number of anilines is 3. The topological polar surface area (TPSA) is 60.2 Å². The van der Waals surface area contributed by atoms with Crippen LogP contribution in [-0.2, 0) is 0 Å². The number of ether oxygens (including phenoxy) is 1. The van der Waals surface area contributed by atoms with Gasteiger partial charge in [-0.2, -0.15) is 0 Å². The number of benzene rings is 1. The minimum Gasteiger partial charge on any atom is -0.494 e. The Hall–Kier alpha value is -2.23. The van der Waals surface area contributed by atoms with E-state index in [1.165, 1.54) is 0 Å². The Bertz CT molecular complexity index is 552. The number of nitrogen functional groups attached to an aromatic ring is 1. The van der Waals surface area contributed by atoms with Crippen molar-refractivity contribution >= 4 is 17.2 Å². The number of hydrogen-bond donors (Lipinski definition) is 2. The molecule has 1 heterocycles. The average Bonchev–Trinajstić information content (AvgIpc) is 2.45. The number of pyridine rings is 1. The van der Waals surface area contributed by atoms with Crippen LogP contribution in [0.15, 0.2) is 36.5 Å². The number of rotatable bonds is 6. The number of unbranched alkanes of at least 4 members (excludes halogenated alkanes) is 1. The van der Waals surface area contributed by atoms with E-state index in [1.54, 1.807) is 6.20 Å². The molecule has 2 rings (SSSR count). The molecule has 106 valence electrons. The van der Waals surface area contributed by atoms with E-state index in [0.29, 0.717) is 5.69 Å². The van der Waals surface area contributed by atoms with Crippen LogP contribution in [0.4, 0.5) is 17.2 Å². The van der Waals surface area contributed by atoms with Gasteiger partial charge in [0.1, 0.15) is 11.6 Å². The van der Waals surface area contributed by atoms with Crippen molar-refractivity contribution in [1.29, 1.82) is 0 Å². The van der Waals surface area contributed by atoms with Crippen LogP contribution in [-0.4, -0.2) is 11.6 Å². The van der Waals surface area contributed by atoms with E-state index in [9.17, 15) is 0 Å². The number of hydrogen-bond acceptors (Lipinski definition) is 4. The normalized spacial score (nSPS) is 10.3. The number of nitrogens with zero attached hydrogens (tertiary/aromatic N) is 1. The maximum absolute atomic E-state index is 5.75. The molecule has 4 nitrogen and oxygen atoms in total. The van der Waals surface area contributed by atoms with E-state index in [0.717, 1.165) is 42.3 Å². The molecule has 1 aromatic heterocycles. The Morgan fingerprint density at radius 3 is 2.65 bits per heavy atom. The average molecular weight is 271 g/mol. The van der Waals surface area contributed by atoms with Crippen LogP contribution in [0.2, 0.25) is 0 Å². The van der Waals surface area contributed by atoms with Crippen molar-refractivity contribution in [3.8, 4) is 5.75 Å². The van der Waals surface area contributed by atoms with Gasteiger partial charge in [0.15, 0.2) is 0 Å². The summed E-state index contributed by atoms with van der Waals surface area (Å²) in [6.07, 6.45) is 3.89. The lowest BCUT2D eigenvalue weighted by Gasteiger charge is -2.09. The zero-order valence-electron chi connectivity index (χ0n) is 12.0. The second-order valence-corrected chi connectivity index (χ2v) is 4.78. The summed E-state index contributed by atoms with van der Waals surface area (Å²) in [4.78, 5) is 4.25. The lowest BCUT2D eigenvalue weighted by atomic mass is 10.2. The molecule has 0 bridgehead atoms. The first kappa shape index (κ1) is 14.2. The molecule has 3 N–H and O–H groups in total. The molecule has 4 heteroatoms. The van der Waals surface area contributed by atoms with Crippen molar-refractivity contribution in [1.82, 2.24) is 4.98 Å². The Morgan fingerprint density at radius 2 is 2.00 bits per heavy atom. The van der Waals surface area contributed by atoms with Crippen LogP contribution in [0.25, 0.3) is 0 Å². The van der Waals surface area contributed by atoms with Gasteiger partial charge in [0.05, 0.1) is 18.5 Å². The molecule has 0 aliphatic carbocycles. The van der Waals surface area contributed by atoms with Crippen LogP contribution >= 0.6 is 0 Å². The maximum Gasteiger partial charge on any atom is 0.130 e. The van der Waals surface area contributed by atoms with E-state index < -0.39 is 0 Å². The number of aromatic nitrogens is 1. The Balaban J connectivity index is 1.97. The second-order valence-electron chi connectivity index (χ2n) is 4.78. The second kappa shape index (κ2) is 6.80. The van der Waals surface area contributed by atoms with Gasteiger partial charge in [0, 0.05) is 5.69 Å². The predicted molar refractivity (Wildman–Crippen MR) is 83.5 cm³/mol. The van der Waals surface area contributed by atoms with E-state index in [1.807, 2.05) is 37.3 Å². The highest BCUT2D eigenvalue weighted by molar-refractivity contribution is 5.60. The van der Waals surface area contributed by atoms with E-state index >= 15 is 0 Å². The summed E-state index contributed by atoms with van der Waals surface area (Å²) in [7, 11) is 0. The van der Waals surface area contributed by atoms with Crippen LogP contribution in [0.1, 0.15) is 25.3 Å². The van der Waals surface area contributed by atoms with E-state index in [4.69, 9.17) is 10.5 Å². The summed E-state index contributed by atoms with van der Waals surface area (Å²) in [5, 5.41) is 3.24. The molecule has 20 heavy (non-hydrogen) atoms. The molecular formula is C16H21N3O. The summed E-state index contributed by atoms with van der Waals surface area (Å²) in [6.45, 7) is 4.88. The van der Waals surface area contributed by atoms with Crippen molar-refractivity contribution in [3.63, 3.8) is 0 Å². The summed E-state index contributed by atoms with van der Waals surface area (Å²) >= 11 is 0. The van der Waals surface area contributed by atoms with Crippen molar-refractivity contribution < 1.29 is 4.74 Å². The van der Waals surface area contributed by atoms with Gasteiger partial charge in [-0.3, -0.25) is 0 Å². The summed E-state index contributed by atoms with van der Waals surface area (Å²) in [5.41, 5.74) is 8.45. The Labute approximate surface area is 120 Å². The van der Waals surface area contributed by atoms with Crippen molar-refractivity contribution in [2.75, 3.05) is 17.7 Å². The number of nitrogens with one attached hydrogen (secondary N) is 1. The van der Waals surface area contributed by atoms with Gasteiger partial charge < -0.3 is 15.8 Å². The van der Waals surface area contributed by atoms with Gasteiger partial charge in [-0.1, -0.05) is 13.3 Å². The highest BCUT2D eigenvalue weighted by Gasteiger charge is 2.00. The van der Waals surface area contributed by atoms with Gasteiger partial charge in [-0.05, 0) is 49.2 Å². The van der Waals surface area contributed by atoms with Crippen molar-refractivity contribution in [2.24, 2.45) is 0 Å². The predicted octanol–water partition coefficient (Wildman–Crippen LogP) is 3.89. The maximum atomic E-state index is 5.75. The molecule has 0 aliphatic rings.